The van der Waals surface area contributed by atoms with Gasteiger partial charge in [0.05, 0.1) is 28.4 Å². The predicted molar refractivity (Wildman–Crippen MR) is 144 cm³/mol. The minimum Gasteiger partial charge on any atom is -0.510 e. The second-order valence-corrected chi connectivity index (χ2v) is 12.4. The molecule has 1 saturated heterocycles. The van der Waals surface area contributed by atoms with Crippen LogP contribution in [-0.4, -0.2) is 83.1 Å². The number of Topliss-reactive ketones (excluding diaryl/α,β-unsaturated/α-hetero) is 1. The number of primary amides is 1. The van der Waals surface area contributed by atoms with Gasteiger partial charge in [-0.05, 0) is 77.6 Å². The van der Waals surface area contributed by atoms with Gasteiger partial charge in [-0.1, -0.05) is 6.07 Å². The number of carbonyl (C=O) groups excluding carboxylic acids is 2. The van der Waals surface area contributed by atoms with Crippen molar-refractivity contribution in [2.24, 2.45) is 17.6 Å². The maximum absolute atomic E-state index is 14.3. The first-order valence-corrected chi connectivity index (χ1v) is 13.2. The van der Waals surface area contributed by atoms with Crippen molar-refractivity contribution in [3.8, 4) is 5.75 Å². The summed E-state index contributed by atoms with van der Waals surface area (Å²) in [5.41, 5.74) is 4.44. The molecule has 210 valence electrons. The lowest BCUT2D eigenvalue weighted by molar-refractivity contribution is -0.157. The summed E-state index contributed by atoms with van der Waals surface area (Å²) >= 11 is 0. The molecule has 2 fully saturated rings. The Bertz CT molecular complexity index is 1320. The van der Waals surface area contributed by atoms with Gasteiger partial charge in [0.1, 0.15) is 22.9 Å². The predicted octanol–water partition coefficient (Wildman–Crippen LogP) is 1.74. The normalized spacial score (nSPS) is 31.3. The van der Waals surface area contributed by atoms with Crippen LogP contribution in [0.2, 0.25) is 0 Å². The number of ketones is 1. The van der Waals surface area contributed by atoms with Crippen LogP contribution in [0.5, 0.6) is 5.75 Å². The van der Waals surface area contributed by atoms with Crippen molar-refractivity contribution >= 4 is 30.0 Å². The number of nitrogens with zero attached hydrogens (tertiary/aromatic N) is 1. The molecule has 0 radical (unpaired) electrons. The van der Waals surface area contributed by atoms with E-state index in [9.17, 15) is 24.9 Å². The van der Waals surface area contributed by atoms with Crippen LogP contribution >= 0.6 is 0 Å². The third-order valence-corrected chi connectivity index (χ3v) is 9.58. The van der Waals surface area contributed by atoms with Gasteiger partial charge >= 0.3 is 7.12 Å². The second-order valence-electron chi connectivity index (χ2n) is 12.4. The number of hydrogen-bond acceptors (Lipinski definition) is 9. The van der Waals surface area contributed by atoms with Gasteiger partial charge in [0.25, 0.3) is 0 Å². The Hall–Kier alpha value is -2.86. The molecule has 5 N–H and O–H groups in total. The van der Waals surface area contributed by atoms with E-state index >= 15 is 0 Å². The van der Waals surface area contributed by atoms with Crippen molar-refractivity contribution in [1.29, 1.82) is 0 Å². The van der Waals surface area contributed by atoms with Crippen molar-refractivity contribution in [3.63, 3.8) is 0 Å². The van der Waals surface area contributed by atoms with Gasteiger partial charge in [-0.15, -0.1) is 0 Å². The first kappa shape index (κ1) is 27.7. The molecule has 10 nitrogen and oxygen atoms in total. The third-order valence-electron chi connectivity index (χ3n) is 9.58. The second kappa shape index (κ2) is 8.82. The molecule has 1 aromatic rings. The van der Waals surface area contributed by atoms with Crippen LogP contribution in [0, 0.1) is 11.8 Å². The molecule has 4 aliphatic rings. The average molecular weight is 540 g/mol. The molecule has 1 heterocycles. The van der Waals surface area contributed by atoms with Gasteiger partial charge in [-0.25, -0.2) is 0 Å². The highest BCUT2D eigenvalue weighted by Gasteiger charge is 2.62. The lowest BCUT2D eigenvalue weighted by atomic mass is 9.56. The van der Waals surface area contributed by atoms with E-state index in [1.165, 1.54) is 13.2 Å². The zero-order valence-corrected chi connectivity index (χ0v) is 23.5. The first-order valence-electron chi connectivity index (χ1n) is 13.2. The minimum absolute atomic E-state index is 0.0687. The van der Waals surface area contributed by atoms with E-state index in [0.717, 1.165) is 0 Å². The first-order chi connectivity index (χ1) is 18.1. The van der Waals surface area contributed by atoms with Crippen LogP contribution in [0.15, 0.2) is 29.0 Å². The molecule has 0 bridgehead atoms. The molecule has 1 saturated carbocycles. The number of nitrogens with two attached hydrogens (primary N) is 1. The molecular weight excluding hydrogens is 503 g/mol. The van der Waals surface area contributed by atoms with Gasteiger partial charge < -0.3 is 35.1 Å². The lowest BCUT2D eigenvalue weighted by Crippen LogP contribution is -2.63. The highest BCUT2D eigenvalue weighted by molar-refractivity contribution is 6.62. The maximum Gasteiger partial charge on any atom is 0.495 e. The zero-order chi connectivity index (χ0) is 28.8. The Morgan fingerprint density at radius 1 is 1.13 bits per heavy atom. The fourth-order valence-electron chi connectivity index (χ4n) is 6.84. The number of rotatable bonds is 4. The smallest absolute Gasteiger partial charge is 0.495 e. The molecular formula is C28H37BN2O8. The largest absolute Gasteiger partial charge is 0.510 e. The maximum atomic E-state index is 14.3. The van der Waals surface area contributed by atoms with Crippen molar-refractivity contribution in [2.75, 3.05) is 21.2 Å². The van der Waals surface area contributed by atoms with Gasteiger partial charge in [0.2, 0.25) is 5.91 Å². The number of ether oxygens (including phenoxy) is 1. The molecule has 0 aromatic heterocycles. The number of carbonyl (C=O) groups is 2. The Balaban J connectivity index is 1.66. The van der Waals surface area contributed by atoms with E-state index < -0.39 is 53.5 Å². The summed E-state index contributed by atoms with van der Waals surface area (Å²) in [7, 11) is 4.17. The monoisotopic (exact) mass is 540 g/mol. The number of hydrogen-bond donors (Lipinski definition) is 4. The fraction of sp³-hybridized carbons (Fsp3) is 0.571. The molecule has 3 aliphatic carbocycles. The third kappa shape index (κ3) is 3.77. The molecule has 0 spiro atoms. The summed E-state index contributed by atoms with van der Waals surface area (Å²) in [4.78, 5) is 28.3. The highest BCUT2D eigenvalue weighted by atomic mass is 16.7. The SMILES string of the molecule is CO[C@@]12CC(C(N)=O)=C(O)[C@@H](N(C)C)[C@@H]1C[C@@H]1Cc3c(B4OC(C)(C)C(C)(C)O4)ccc(O)c3C(O)=C1C2=O. The molecule has 39 heavy (non-hydrogen) atoms. The number of phenols is 1. The Morgan fingerprint density at radius 2 is 1.74 bits per heavy atom. The molecule has 1 amide bonds. The van der Waals surface area contributed by atoms with E-state index in [2.05, 4.69) is 0 Å². The number of benzene rings is 1. The van der Waals surface area contributed by atoms with Crippen molar-refractivity contribution < 1.29 is 39.0 Å². The van der Waals surface area contributed by atoms with E-state index in [-0.39, 0.29) is 40.4 Å². The van der Waals surface area contributed by atoms with Gasteiger partial charge in [0.15, 0.2) is 5.78 Å². The van der Waals surface area contributed by atoms with Crippen LogP contribution in [0.3, 0.4) is 0 Å². The quantitative estimate of drug-likeness (QED) is 0.419. The summed E-state index contributed by atoms with van der Waals surface area (Å²) in [6.07, 6.45) is 0.489. The van der Waals surface area contributed by atoms with Crippen LogP contribution in [0.25, 0.3) is 5.76 Å². The standard InChI is InChI=1S/C28H37BN2O8/c1-26(2)27(3,4)39-29(38-26)17-8-9-18(32)20-14(17)10-13-11-16-21(31(5)6)22(33)15(25(30)36)12-28(16,37-7)24(35)19(13)23(20)34/h8-9,13,16,21,32-34H,10-12H2,1-7H3,(H2,30,36)/t13-,16-,21-,28-/m0/s1. The number of aliphatic hydroxyl groups is 2. The topological polar surface area (TPSA) is 152 Å². The van der Waals surface area contributed by atoms with E-state index in [1.54, 1.807) is 25.1 Å². The van der Waals surface area contributed by atoms with Gasteiger partial charge in [0, 0.05) is 25.0 Å². The summed E-state index contributed by atoms with van der Waals surface area (Å²) in [5, 5.41) is 33.5. The molecule has 0 unspecified atom stereocenters. The van der Waals surface area contributed by atoms with Crippen LogP contribution < -0.4 is 11.2 Å². The summed E-state index contributed by atoms with van der Waals surface area (Å²) < 4.78 is 18.5. The molecule has 5 rings (SSSR count). The van der Waals surface area contributed by atoms with Gasteiger partial charge in [-0.2, -0.15) is 0 Å². The lowest BCUT2D eigenvalue weighted by Gasteiger charge is -2.53. The van der Waals surface area contributed by atoms with Crippen molar-refractivity contribution in [3.05, 3.63) is 40.2 Å². The Kier molecular flexibility index (Phi) is 6.27. The fourth-order valence-corrected chi connectivity index (χ4v) is 6.84. The van der Waals surface area contributed by atoms with Crippen molar-refractivity contribution in [2.45, 2.75) is 69.8 Å². The van der Waals surface area contributed by atoms with E-state index in [4.69, 9.17) is 19.8 Å². The molecule has 1 aliphatic heterocycles. The summed E-state index contributed by atoms with van der Waals surface area (Å²) in [6, 6.07) is 2.49. The number of amides is 1. The minimum atomic E-state index is -1.53. The van der Waals surface area contributed by atoms with E-state index in [1.807, 2.05) is 27.7 Å². The summed E-state index contributed by atoms with van der Waals surface area (Å²) in [5.74, 6) is -2.94. The summed E-state index contributed by atoms with van der Waals surface area (Å²) in [6.45, 7) is 7.79. The molecule has 1 aromatic carbocycles. The number of likely N-dealkylation sites (N-methyl/N-ethyl adjacent to an activating group) is 1. The number of aromatic hydroxyl groups is 1. The van der Waals surface area contributed by atoms with Crippen LogP contribution in [-0.2, 0) is 30.1 Å². The molecule has 4 atom stereocenters. The van der Waals surface area contributed by atoms with E-state index in [0.29, 0.717) is 23.9 Å². The zero-order valence-electron chi connectivity index (χ0n) is 23.5. The number of phenolic OH excluding ortho intramolecular Hbond substituents is 1. The average Bonchev–Trinajstić information content (AvgIpc) is 3.04. The van der Waals surface area contributed by atoms with Crippen LogP contribution in [0.4, 0.5) is 0 Å². The number of aliphatic hydroxyl groups excluding tert-OH is 2. The number of fused-ring (bicyclic) bond motifs is 3. The highest BCUT2D eigenvalue weighted by Crippen LogP contribution is 2.54. The van der Waals surface area contributed by atoms with Gasteiger partial charge in [-0.3, -0.25) is 14.5 Å². The van der Waals surface area contributed by atoms with Crippen molar-refractivity contribution in [1.82, 2.24) is 4.90 Å². The Morgan fingerprint density at radius 3 is 2.28 bits per heavy atom. The van der Waals surface area contributed by atoms with Crippen LogP contribution in [0.1, 0.15) is 51.7 Å². The number of methoxy groups -OCH3 is 1. The Labute approximate surface area is 228 Å². The molecule has 11 heteroatoms.